The second-order valence-corrected chi connectivity index (χ2v) is 4.13. The van der Waals surface area contributed by atoms with E-state index in [1.54, 1.807) is 13.4 Å². The van der Waals surface area contributed by atoms with Gasteiger partial charge in [-0.25, -0.2) is 4.98 Å². The van der Waals surface area contributed by atoms with Crippen LogP contribution >= 0.6 is 0 Å². The molecule has 19 heavy (non-hydrogen) atoms. The molecule has 0 aliphatic heterocycles. The maximum atomic E-state index is 5.52. The Balaban J connectivity index is 1.92. The molecule has 3 rings (SSSR count). The molecule has 2 aromatic carbocycles. The molecule has 0 saturated heterocycles. The lowest BCUT2D eigenvalue weighted by molar-refractivity contribution is 0.415. The van der Waals surface area contributed by atoms with Crippen LogP contribution in [0.2, 0.25) is 0 Å². The number of benzene rings is 2. The summed E-state index contributed by atoms with van der Waals surface area (Å²) in [5.74, 6) is 1.46. The normalized spacial score (nSPS) is 10.4. The third-order valence-corrected chi connectivity index (χ3v) is 2.91. The predicted molar refractivity (Wildman–Crippen MR) is 73.9 cm³/mol. The monoisotopic (exact) mass is 251 g/mol. The third-order valence-electron chi connectivity index (χ3n) is 2.91. The largest absolute Gasteiger partial charge is 0.497 e. The van der Waals surface area contributed by atoms with Gasteiger partial charge in [-0.3, -0.25) is 0 Å². The van der Waals surface area contributed by atoms with Gasteiger partial charge in [-0.15, -0.1) is 0 Å². The Hall–Kier alpha value is -2.55. The van der Waals surface area contributed by atoms with Gasteiger partial charge >= 0.3 is 0 Å². The predicted octanol–water partition coefficient (Wildman–Crippen LogP) is 4.02. The summed E-state index contributed by atoms with van der Waals surface area (Å²) in [4.78, 5) is 4.50. The molecule has 0 spiro atoms. The van der Waals surface area contributed by atoms with Crippen molar-refractivity contribution in [2.24, 2.45) is 0 Å². The van der Waals surface area contributed by atoms with Crippen LogP contribution in [-0.4, -0.2) is 12.1 Å². The van der Waals surface area contributed by atoms with Gasteiger partial charge in [0, 0.05) is 11.1 Å². The van der Waals surface area contributed by atoms with Gasteiger partial charge in [0.1, 0.15) is 17.7 Å². The highest BCUT2D eigenvalue weighted by atomic mass is 16.5. The molecule has 0 fully saturated rings. The Morgan fingerprint density at radius 3 is 2.32 bits per heavy atom. The zero-order chi connectivity index (χ0) is 13.1. The van der Waals surface area contributed by atoms with E-state index in [2.05, 4.69) is 4.98 Å². The number of methoxy groups -OCH3 is 1. The summed E-state index contributed by atoms with van der Waals surface area (Å²) in [7, 11) is 1.65. The van der Waals surface area contributed by atoms with Crippen molar-refractivity contribution in [1.29, 1.82) is 0 Å². The first-order valence-corrected chi connectivity index (χ1v) is 6.02. The lowest BCUT2D eigenvalue weighted by Gasteiger charge is -1.99. The van der Waals surface area contributed by atoms with E-state index in [9.17, 15) is 0 Å². The van der Waals surface area contributed by atoms with E-state index in [1.165, 1.54) is 0 Å². The molecule has 0 saturated carbocycles. The number of nitrogens with zero attached hydrogens (tertiary/aromatic N) is 1. The van der Waals surface area contributed by atoms with Crippen LogP contribution in [-0.2, 0) is 0 Å². The smallest absolute Gasteiger partial charge is 0.226 e. The van der Waals surface area contributed by atoms with Crippen molar-refractivity contribution < 1.29 is 9.15 Å². The molecule has 0 aliphatic rings. The van der Waals surface area contributed by atoms with Crippen molar-refractivity contribution in [2.45, 2.75) is 0 Å². The number of oxazole rings is 1. The van der Waals surface area contributed by atoms with Gasteiger partial charge in [0.25, 0.3) is 0 Å². The standard InChI is InChI=1S/C16H13NO2/c1-18-14-9-7-12(8-10-14)15-11-19-16(17-15)13-5-3-2-4-6-13/h2-11H,1H3. The molecule has 1 aromatic heterocycles. The fourth-order valence-electron chi connectivity index (χ4n) is 1.88. The molecule has 0 unspecified atom stereocenters. The first-order chi connectivity index (χ1) is 9.36. The van der Waals surface area contributed by atoms with Crippen molar-refractivity contribution in [1.82, 2.24) is 4.98 Å². The highest BCUT2D eigenvalue weighted by molar-refractivity contribution is 5.63. The van der Waals surface area contributed by atoms with Crippen molar-refractivity contribution in [3.05, 3.63) is 60.9 Å². The fraction of sp³-hybridized carbons (Fsp3) is 0.0625. The van der Waals surface area contributed by atoms with Crippen molar-refractivity contribution in [2.75, 3.05) is 7.11 Å². The second kappa shape index (κ2) is 4.98. The van der Waals surface area contributed by atoms with E-state index in [4.69, 9.17) is 9.15 Å². The first-order valence-electron chi connectivity index (χ1n) is 6.02. The minimum atomic E-state index is 0.631. The molecule has 0 N–H and O–H groups in total. The Morgan fingerprint density at radius 2 is 1.63 bits per heavy atom. The topological polar surface area (TPSA) is 35.3 Å². The molecule has 0 aliphatic carbocycles. The van der Waals surface area contributed by atoms with Crippen LogP contribution in [0.4, 0.5) is 0 Å². The van der Waals surface area contributed by atoms with Gasteiger partial charge < -0.3 is 9.15 Å². The molecule has 3 aromatic rings. The van der Waals surface area contributed by atoms with Gasteiger partial charge in [0.2, 0.25) is 5.89 Å². The summed E-state index contributed by atoms with van der Waals surface area (Å²) < 4.78 is 10.7. The second-order valence-electron chi connectivity index (χ2n) is 4.13. The number of hydrogen-bond acceptors (Lipinski definition) is 3. The average molecular weight is 251 g/mol. The van der Waals surface area contributed by atoms with Crippen LogP contribution in [0.1, 0.15) is 0 Å². The van der Waals surface area contributed by atoms with Gasteiger partial charge in [0.05, 0.1) is 7.11 Å². The molecule has 0 atom stereocenters. The quantitative estimate of drug-likeness (QED) is 0.705. The van der Waals surface area contributed by atoms with Crippen molar-refractivity contribution in [3.8, 4) is 28.5 Å². The van der Waals surface area contributed by atoms with E-state index in [0.29, 0.717) is 5.89 Å². The molecule has 0 radical (unpaired) electrons. The lowest BCUT2D eigenvalue weighted by atomic mass is 10.1. The van der Waals surface area contributed by atoms with E-state index in [0.717, 1.165) is 22.6 Å². The van der Waals surface area contributed by atoms with Crippen LogP contribution in [0.3, 0.4) is 0 Å². The van der Waals surface area contributed by atoms with E-state index in [1.807, 2.05) is 54.6 Å². The number of hydrogen-bond donors (Lipinski definition) is 0. The Bertz CT molecular complexity index is 657. The summed E-state index contributed by atoms with van der Waals surface area (Å²) in [5.41, 5.74) is 2.80. The van der Waals surface area contributed by atoms with E-state index >= 15 is 0 Å². The summed E-state index contributed by atoms with van der Waals surface area (Å²) in [6, 6.07) is 17.6. The van der Waals surface area contributed by atoms with Crippen LogP contribution in [0.15, 0.2) is 65.3 Å². The summed E-state index contributed by atoms with van der Waals surface area (Å²) >= 11 is 0. The molecular formula is C16H13NO2. The minimum Gasteiger partial charge on any atom is -0.497 e. The minimum absolute atomic E-state index is 0.631. The molecule has 1 heterocycles. The average Bonchev–Trinajstić information content (AvgIpc) is 2.98. The fourth-order valence-corrected chi connectivity index (χ4v) is 1.88. The van der Waals surface area contributed by atoms with Crippen LogP contribution in [0.5, 0.6) is 5.75 Å². The maximum Gasteiger partial charge on any atom is 0.226 e. The molecular weight excluding hydrogens is 238 g/mol. The molecule has 0 amide bonds. The first kappa shape index (κ1) is 11.5. The van der Waals surface area contributed by atoms with Crippen LogP contribution < -0.4 is 4.74 Å². The van der Waals surface area contributed by atoms with Crippen LogP contribution in [0, 0.1) is 0 Å². The zero-order valence-corrected chi connectivity index (χ0v) is 10.5. The lowest BCUT2D eigenvalue weighted by Crippen LogP contribution is -1.83. The Morgan fingerprint density at radius 1 is 0.895 bits per heavy atom. The maximum absolute atomic E-state index is 5.52. The number of rotatable bonds is 3. The van der Waals surface area contributed by atoms with E-state index < -0.39 is 0 Å². The van der Waals surface area contributed by atoms with Gasteiger partial charge in [-0.1, -0.05) is 18.2 Å². The Kier molecular flexibility index (Phi) is 3.02. The zero-order valence-electron chi connectivity index (χ0n) is 10.5. The number of aromatic nitrogens is 1. The summed E-state index contributed by atoms with van der Waals surface area (Å²) in [6.07, 6.45) is 1.67. The molecule has 3 nitrogen and oxygen atoms in total. The molecule has 3 heteroatoms. The van der Waals surface area contributed by atoms with E-state index in [-0.39, 0.29) is 0 Å². The third kappa shape index (κ3) is 2.36. The highest BCUT2D eigenvalue weighted by Crippen LogP contribution is 2.25. The SMILES string of the molecule is COc1ccc(-c2coc(-c3ccccc3)n2)cc1. The van der Waals surface area contributed by atoms with Crippen molar-refractivity contribution >= 4 is 0 Å². The van der Waals surface area contributed by atoms with Crippen molar-refractivity contribution in [3.63, 3.8) is 0 Å². The molecule has 0 bridgehead atoms. The van der Waals surface area contributed by atoms with Gasteiger partial charge in [-0.2, -0.15) is 0 Å². The highest BCUT2D eigenvalue weighted by Gasteiger charge is 2.07. The molecule has 94 valence electrons. The summed E-state index contributed by atoms with van der Waals surface area (Å²) in [5, 5.41) is 0. The van der Waals surface area contributed by atoms with Gasteiger partial charge in [0.15, 0.2) is 0 Å². The number of ether oxygens (including phenoxy) is 1. The van der Waals surface area contributed by atoms with Crippen LogP contribution in [0.25, 0.3) is 22.7 Å². The summed E-state index contributed by atoms with van der Waals surface area (Å²) in [6.45, 7) is 0. The Labute approximate surface area is 111 Å². The van der Waals surface area contributed by atoms with Gasteiger partial charge in [-0.05, 0) is 36.4 Å².